The summed E-state index contributed by atoms with van der Waals surface area (Å²) in [6.07, 6.45) is -0.152. The van der Waals surface area contributed by atoms with Gasteiger partial charge in [-0.15, -0.1) is 11.3 Å². The van der Waals surface area contributed by atoms with Gasteiger partial charge in [-0.05, 0) is 20.4 Å². The standard InChI is InChI=1S/C10H10O4S/c1-5(2)12-10(11)9-8-7(4-15-9)13-6(3)14-8/h4-5H,3H2,1-2H3. The summed E-state index contributed by atoms with van der Waals surface area (Å²) in [7, 11) is 0. The van der Waals surface area contributed by atoms with E-state index in [-0.39, 0.29) is 12.0 Å². The normalized spacial score (nSPS) is 13.4. The predicted molar refractivity (Wildman–Crippen MR) is 55.3 cm³/mol. The monoisotopic (exact) mass is 226 g/mol. The van der Waals surface area contributed by atoms with E-state index in [4.69, 9.17) is 14.2 Å². The van der Waals surface area contributed by atoms with Crippen LogP contribution in [0.25, 0.3) is 0 Å². The van der Waals surface area contributed by atoms with Crippen molar-refractivity contribution in [1.29, 1.82) is 0 Å². The Kier molecular flexibility index (Phi) is 2.40. The quantitative estimate of drug-likeness (QED) is 0.727. The molecule has 0 spiro atoms. The molecule has 0 fully saturated rings. The van der Waals surface area contributed by atoms with Crippen molar-refractivity contribution in [2.75, 3.05) is 0 Å². The Morgan fingerprint density at radius 2 is 2.27 bits per heavy atom. The lowest BCUT2D eigenvalue weighted by molar-refractivity contribution is 0.0381. The number of esters is 1. The second-order valence-corrected chi connectivity index (χ2v) is 4.17. The zero-order chi connectivity index (χ0) is 11.0. The first-order valence-corrected chi connectivity index (χ1v) is 5.33. The molecule has 1 aromatic heterocycles. The maximum Gasteiger partial charge on any atom is 0.352 e. The maximum atomic E-state index is 11.6. The smallest absolute Gasteiger partial charge is 0.352 e. The van der Waals surface area contributed by atoms with Gasteiger partial charge in [0.2, 0.25) is 0 Å². The Hall–Kier alpha value is -1.49. The van der Waals surface area contributed by atoms with Crippen LogP contribution in [0, 0.1) is 0 Å². The van der Waals surface area contributed by atoms with Crippen molar-refractivity contribution >= 4 is 17.3 Å². The molecule has 1 aliphatic rings. The lowest BCUT2D eigenvalue weighted by Crippen LogP contribution is -2.10. The number of carbonyl (C=O) groups excluding carboxylic acids is 1. The maximum absolute atomic E-state index is 11.6. The third-order valence-corrected chi connectivity index (χ3v) is 2.60. The molecule has 0 aromatic carbocycles. The Bertz CT molecular complexity index is 419. The van der Waals surface area contributed by atoms with Gasteiger partial charge in [-0.2, -0.15) is 0 Å². The average Bonchev–Trinajstić information content (AvgIpc) is 2.60. The van der Waals surface area contributed by atoms with Gasteiger partial charge >= 0.3 is 5.97 Å². The number of rotatable bonds is 2. The highest BCUT2D eigenvalue weighted by molar-refractivity contribution is 7.12. The molecular weight excluding hydrogens is 216 g/mol. The van der Waals surface area contributed by atoms with E-state index in [1.54, 1.807) is 19.2 Å². The molecule has 1 aromatic rings. The van der Waals surface area contributed by atoms with Gasteiger partial charge in [-0.3, -0.25) is 0 Å². The van der Waals surface area contributed by atoms with Crippen molar-refractivity contribution in [2.45, 2.75) is 20.0 Å². The van der Waals surface area contributed by atoms with Gasteiger partial charge < -0.3 is 14.2 Å². The molecular formula is C10H10O4S. The van der Waals surface area contributed by atoms with Crippen LogP contribution in [0.5, 0.6) is 11.5 Å². The highest BCUT2D eigenvalue weighted by Crippen LogP contribution is 2.43. The minimum Gasteiger partial charge on any atom is -0.459 e. The fourth-order valence-corrected chi connectivity index (χ4v) is 1.94. The molecule has 0 amide bonds. The lowest BCUT2D eigenvalue weighted by Gasteiger charge is -2.06. The summed E-state index contributed by atoms with van der Waals surface area (Å²) in [5.41, 5.74) is 0. The van der Waals surface area contributed by atoms with Gasteiger partial charge in [0, 0.05) is 5.38 Å². The van der Waals surface area contributed by atoms with Crippen LogP contribution >= 0.6 is 11.3 Å². The third-order valence-electron chi connectivity index (χ3n) is 1.68. The van der Waals surface area contributed by atoms with E-state index in [2.05, 4.69) is 6.58 Å². The Morgan fingerprint density at radius 1 is 1.53 bits per heavy atom. The zero-order valence-corrected chi connectivity index (χ0v) is 9.22. The van der Waals surface area contributed by atoms with Gasteiger partial charge in [0.25, 0.3) is 5.95 Å². The van der Waals surface area contributed by atoms with Gasteiger partial charge in [-0.1, -0.05) is 0 Å². The van der Waals surface area contributed by atoms with Crippen LogP contribution in [-0.2, 0) is 4.74 Å². The van der Waals surface area contributed by atoms with Gasteiger partial charge in [0.05, 0.1) is 6.10 Å². The molecule has 5 heteroatoms. The average molecular weight is 226 g/mol. The van der Waals surface area contributed by atoms with Gasteiger partial charge in [0.1, 0.15) is 0 Å². The van der Waals surface area contributed by atoms with Crippen molar-refractivity contribution in [3.8, 4) is 11.5 Å². The summed E-state index contributed by atoms with van der Waals surface area (Å²) in [6.45, 7) is 7.10. The molecule has 0 bridgehead atoms. The summed E-state index contributed by atoms with van der Waals surface area (Å²) in [4.78, 5) is 12.0. The van der Waals surface area contributed by atoms with Crippen molar-refractivity contribution < 1.29 is 19.0 Å². The molecule has 2 heterocycles. The molecule has 2 rings (SSSR count). The largest absolute Gasteiger partial charge is 0.459 e. The summed E-state index contributed by atoms with van der Waals surface area (Å²) < 4.78 is 15.4. The van der Waals surface area contributed by atoms with Crippen LogP contribution in [0.4, 0.5) is 0 Å². The fraction of sp³-hybridized carbons (Fsp3) is 0.300. The van der Waals surface area contributed by atoms with Crippen molar-refractivity contribution in [3.63, 3.8) is 0 Å². The van der Waals surface area contributed by atoms with E-state index in [0.717, 1.165) is 0 Å². The van der Waals surface area contributed by atoms with E-state index in [1.807, 2.05) is 0 Å². The summed E-state index contributed by atoms with van der Waals surface area (Å²) in [5, 5.41) is 1.70. The first kappa shape index (κ1) is 10.0. The Morgan fingerprint density at radius 3 is 2.93 bits per heavy atom. The molecule has 0 aliphatic carbocycles. The van der Waals surface area contributed by atoms with Crippen LogP contribution in [0.1, 0.15) is 23.5 Å². The van der Waals surface area contributed by atoms with Gasteiger partial charge in [-0.25, -0.2) is 4.79 Å². The van der Waals surface area contributed by atoms with Crippen LogP contribution < -0.4 is 9.47 Å². The molecule has 0 N–H and O–H groups in total. The van der Waals surface area contributed by atoms with E-state index in [0.29, 0.717) is 16.4 Å². The molecule has 0 radical (unpaired) electrons. The number of hydrogen-bond acceptors (Lipinski definition) is 5. The van der Waals surface area contributed by atoms with Crippen molar-refractivity contribution in [3.05, 3.63) is 22.8 Å². The SMILES string of the molecule is C=C1Oc2csc(C(=O)OC(C)C)c2O1. The molecule has 0 unspecified atom stereocenters. The lowest BCUT2D eigenvalue weighted by atomic mass is 10.4. The molecule has 0 atom stereocenters. The molecule has 15 heavy (non-hydrogen) atoms. The predicted octanol–water partition coefficient (Wildman–Crippen LogP) is 2.56. The zero-order valence-electron chi connectivity index (χ0n) is 8.40. The Labute approximate surface area is 91.1 Å². The van der Waals surface area contributed by atoms with Crippen molar-refractivity contribution in [2.24, 2.45) is 0 Å². The highest BCUT2D eigenvalue weighted by Gasteiger charge is 2.28. The molecule has 0 saturated carbocycles. The fourth-order valence-electron chi connectivity index (χ4n) is 1.16. The highest BCUT2D eigenvalue weighted by atomic mass is 32.1. The van der Waals surface area contributed by atoms with E-state index >= 15 is 0 Å². The van der Waals surface area contributed by atoms with Crippen LogP contribution in [0.2, 0.25) is 0 Å². The van der Waals surface area contributed by atoms with Gasteiger partial charge in [0.15, 0.2) is 16.4 Å². The summed E-state index contributed by atoms with van der Waals surface area (Å²) in [5.74, 6) is 0.734. The second-order valence-electron chi connectivity index (χ2n) is 3.29. The summed E-state index contributed by atoms with van der Waals surface area (Å²) >= 11 is 1.24. The minimum absolute atomic E-state index is 0.152. The third kappa shape index (κ3) is 1.83. The molecule has 4 nitrogen and oxygen atoms in total. The molecule has 1 aliphatic heterocycles. The van der Waals surface area contributed by atoms with E-state index in [1.165, 1.54) is 11.3 Å². The van der Waals surface area contributed by atoms with Crippen LogP contribution in [-0.4, -0.2) is 12.1 Å². The van der Waals surface area contributed by atoms with Crippen LogP contribution in [0.15, 0.2) is 17.9 Å². The summed E-state index contributed by atoms with van der Waals surface area (Å²) in [6, 6.07) is 0. The molecule has 0 saturated heterocycles. The minimum atomic E-state index is -0.394. The van der Waals surface area contributed by atoms with E-state index < -0.39 is 5.97 Å². The number of hydrogen-bond donors (Lipinski definition) is 0. The Balaban J connectivity index is 2.24. The number of carbonyl (C=O) groups is 1. The van der Waals surface area contributed by atoms with Crippen molar-refractivity contribution in [1.82, 2.24) is 0 Å². The van der Waals surface area contributed by atoms with Crippen LogP contribution in [0.3, 0.4) is 0 Å². The second kappa shape index (κ2) is 3.58. The first-order chi connectivity index (χ1) is 7.08. The molecule has 80 valence electrons. The number of ether oxygens (including phenoxy) is 3. The number of thiophene rings is 1. The first-order valence-electron chi connectivity index (χ1n) is 4.45. The van der Waals surface area contributed by atoms with E-state index in [9.17, 15) is 4.79 Å². The number of fused-ring (bicyclic) bond motifs is 1. The topological polar surface area (TPSA) is 44.8 Å².